The number of carbonyl (C=O) groups excluding carboxylic acids is 3. The Balaban J connectivity index is 1.30. The summed E-state index contributed by atoms with van der Waals surface area (Å²) in [6.07, 6.45) is -0.0227. The van der Waals surface area contributed by atoms with Gasteiger partial charge in [0.15, 0.2) is 0 Å². The van der Waals surface area contributed by atoms with Crippen LogP contribution in [-0.2, 0) is 34.0 Å². The van der Waals surface area contributed by atoms with Gasteiger partial charge in [0, 0.05) is 54.1 Å². The molecule has 2 aromatic rings. The summed E-state index contributed by atoms with van der Waals surface area (Å²) in [7, 11) is 0. The van der Waals surface area contributed by atoms with E-state index < -0.39 is 17.9 Å². The number of halogens is 1. The highest BCUT2D eigenvalue weighted by Crippen LogP contribution is 2.32. The van der Waals surface area contributed by atoms with Crippen molar-refractivity contribution in [1.29, 1.82) is 5.41 Å². The lowest BCUT2D eigenvalue weighted by Crippen LogP contribution is -2.57. The van der Waals surface area contributed by atoms with E-state index in [1.54, 1.807) is 24.3 Å². The fourth-order valence-corrected chi connectivity index (χ4v) is 5.47. The average molecular weight is 508 g/mol. The number of fused-ring (bicyclic) bond motifs is 1. The maximum absolute atomic E-state index is 15.4. The maximum atomic E-state index is 15.4. The third-order valence-electron chi connectivity index (χ3n) is 7.02. The van der Waals surface area contributed by atoms with Crippen LogP contribution < -0.4 is 10.6 Å². The number of morpholine rings is 1. The van der Waals surface area contributed by atoms with Crippen LogP contribution in [0.25, 0.3) is 0 Å². The number of piperidine rings is 1. The van der Waals surface area contributed by atoms with E-state index in [9.17, 15) is 14.4 Å². The Morgan fingerprint density at radius 3 is 2.51 bits per heavy atom. The van der Waals surface area contributed by atoms with Gasteiger partial charge in [-0.05, 0) is 26.0 Å². The smallest absolute Gasteiger partial charge is 0.255 e. The van der Waals surface area contributed by atoms with Crippen molar-refractivity contribution in [3.63, 3.8) is 0 Å². The molecule has 0 spiro atoms. The number of hydrogen-bond donors (Lipinski definition) is 3. The van der Waals surface area contributed by atoms with E-state index in [1.165, 1.54) is 4.90 Å². The van der Waals surface area contributed by atoms with Gasteiger partial charge in [0.25, 0.3) is 11.8 Å². The van der Waals surface area contributed by atoms with Gasteiger partial charge in [-0.2, -0.15) is 0 Å². The summed E-state index contributed by atoms with van der Waals surface area (Å²) in [6, 6.07) is 9.47. The molecule has 2 unspecified atom stereocenters. The second-order valence-corrected chi connectivity index (χ2v) is 9.98. The third-order valence-corrected chi connectivity index (χ3v) is 7.02. The lowest BCUT2D eigenvalue weighted by Gasteiger charge is -2.35. The minimum absolute atomic E-state index is 0.100. The highest BCUT2D eigenvalue weighted by molar-refractivity contribution is 6.23. The highest BCUT2D eigenvalue weighted by Gasteiger charge is 2.42. The molecule has 2 aromatic carbocycles. The van der Waals surface area contributed by atoms with Crippen LogP contribution in [0.15, 0.2) is 36.4 Å². The minimum Gasteiger partial charge on any atom is -0.381 e. The molecule has 2 saturated heterocycles. The number of imide groups is 1. The van der Waals surface area contributed by atoms with E-state index in [1.807, 2.05) is 26.0 Å². The summed E-state index contributed by atoms with van der Waals surface area (Å²) in [5.41, 5.74) is 2.79. The van der Waals surface area contributed by atoms with Crippen molar-refractivity contribution in [3.8, 4) is 0 Å². The first-order chi connectivity index (χ1) is 17.7. The molecular formula is C27H30FN5O4. The topological polar surface area (TPSA) is 115 Å². The number of rotatable bonds is 6. The number of hydrogen-bond acceptors (Lipinski definition) is 7. The molecule has 5 rings (SSSR count). The molecule has 194 valence electrons. The van der Waals surface area contributed by atoms with Crippen LogP contribution in [0.3, 0.4) is 0 Å². The van der Waals surface area contributed by atoms with Crippen LogP contribution in [0.2, 0.25) is 0 Å². The Kier molecular flexibility index (Phi) is 6.78. The van der Waals surface area contributed by atoms with Crippen LogP contribution in [0.1, 0.15) is 47.3 Å². The van der Waals surface area contributed by atoms with Gasteiger partial charge in [0.1, 0.15) is 11.9 Å². The average Bonchev–Trinajstić information content (AvgIpc) is 3.15. The zero-order chi connectivity index (χ0) is 26.3. The zero-order valence-corrected chi connectivity index (χ0v) is 20.8. The van der Waals surface area contributed by atoms with Gasteiger partial charge in [-0.25, -0.2) is 4.39 Å². The molecule has 3 heterocycles. The number of nitrogens with zero attached hydrogens (tertiary/aromatic N) is 2. The SMILES string of the molecule is CC1CN(Cc2cccc(CNc3cccc4c3CN([C@@H]3C(=N)CC(=O)NC3=O)C4=O)c2F)CC(C)O1. The van der Waals surface area contributed by atoms with E-state index in [4.69, 9.17) is 10.1 Å². The van der Waals surface area contributed by atoms with Gasteiger partial charge in [-0.1, -0.05) is 24.3 Å². The quantitative estimate of drug-likeness (QED) is 0.518. The van der Waals surface area contributed by atoms with Crippen LogP contribution in [-0.4, -0.2) is 64.6 Å². The highest BCUT2D eigenvalue weighted by atomic mass is 19.1. The summed E-state index contributed by atoms with van der Waals surface area (Å²) >= 11 is 0. The largest absolute Gasteiger partial charge is 0.381 e. The van der Waals surface area contributed by atoms with Gasteiger partial charge < -0.3 is 20.4 Å². The summed E-state index contributed by atoms with van der Waals surface area (Å²) in [6.45, 7) is 6.37. The molecular weight excluding hydrogens is 477 g/mol. The predicted octanol–water partition coefficient (Wildman–Crippen LogP) is 2.44. The Labute approximate surface area is 214 Å². The molecule has 2 fully saturated rings. The number of carbonyl (C=O) groups is 3. The van der Waals surface area contributed by atoms with Crippen molar-refractivity contribution in [2.24, 2.45) is 0 Å². The standard InChI is InChI=1S/C27H30FN5O4/c1-15-11-32(12-16(2)37-15)13-18-6-3-5-17(24(18)28)10-30-22-8-4-7-19-20(22)14-33(27(19)36)25-21(29)9-23(34)31-26(25)35/h3-8,15-16,25,29-30H,9-14H2,1-2H3,(H,31,34,35)/t15?,16?,25-/m1/s1. The van der Waals surface area contributed by atoms with Crippen molar-refractivity contribution in [2.75, 3.05) is 18.4 Å². The molecule has 3 aliphatic rings. The summed E-state index contributed by atoms with van der Waals surface area (Å²) in [5, 5.41) is 13.6. The van der Waals surface area contributed by atoms with Gasteiger partial charge >= 0.3 is 0 Å². The van der Waals surface area contributed by atoms with Crippen LogP contribution in [0, 0.1) is 11.2 Å². The molecule has 0 bridgehead atoms. The molecule has 0 saturated carbocycles. The van der Waals surface area contributed by atoms with Crippen molar-refractivity contribution < 1.29 is 23.5 Å². The summed E-state index contributed by atoms with van der Waals surface area (Å²) in [4.78, 5) is 40.6. The van der Waals surface area contributed by atoms with Crippen molar-refractivity contribution in [3.05, 3.63) is 64.5 Å². The third kappa shape index (κ3) is 4.99. The normalized spacial score (nSPS) is 24.3. The molecule has 0 aromatic heterocycles. The van der Waals surface area contributed by atoms with Crippen molar-refractivity contribution >= 4 is 29.1 Å². The van der Waals surface area contributed by atoms with Gasteiger partial charge in [0.2, 0.25) is 5.91 Å². The molecule has 0 aliphatic carbocycles. The predicted molar refractivity (Wildman–Crippen MR) is 135 cm³/mol. The monoisotopic (exact) mass is 507 g/mol. The van der Waals surface area contributed by atoms with Crippen LogP contribution in [0.5, 0.6) is 0 Å². The fourth-order valence-electron chi connectivity index (χ4n) is 5.47. The first-order valence-corrected chi connectivity index (χ1v) is 12.4. The van der Waals surface area contributed by atoms with E-state index >= 15 is 4.39 Å². The second kappa shape index (κ2) is 10.0. The molecule has 9 nitrogen and oxygen atoms in total. The summed E-state index contributed by atoms with van der Waals surface area (Å²) < 4.78 is 21.2. The number of anilines is 1. The first kappa shape index (κ1) is 25.0. The molecule has 3 aliphatic heterocycles. The lowest BCUT2D eigenvalue weighted by atomic mass is 10.0. The van der Waals surface area contributed by atoms with Crippen molar-refractivity contribution in [2.45, 2.75) is 58.2 Å². The number of nitrogens with one attached hydrogen (secondary N) is 3. The molecule has 0 radical (unpaired) electrons. The second-order valence-electron chi connectivity index (χ2n) is 9.98. The molecule has 3 atom stereocenters. The Bertz CT molecular complexity index is 1250. The van der Waals surface area contributed by atoms with E-state index in [0.717, 1.165) is 13.1 Å². The van der Waals surface area contributed by atoms with Gasteiger partial charge in [0.05, 0.1) is 30.9 Å². The molecule has 10 heteroatoms. The Morgan fingerprint density at radius 1 is 1.08 bits per heavy atom. The lowest BCUT2D eigenvalue weighted by molar-refractivity contribution is -0.132. The first-order valence-electron chi connectivity index (χ1n) is 12.4. The van der Waals surface area contributed by atoms with E-state index in [0.29, 0.717) is 34.5 Å². The van der Waals surface area contributed by atoms with E-state index in [2.05, 4.69) is 15.5 Å². The zero-order valence-electron chi connectivity index (χ0n) is 20.8. The maximum Gasteiger partial charge on any atom is 0.255 e. The Hall–Kier alpha value is -3.63. The van der Waals surface area contributed by atoms with Crippen LogP contribution in [0.4, 0.5) is 10.1 Å². The van der Waals surface area contributed by atoms with E-state index in [-0.39, 0.29) is 49.2 Å². The summed E-state index contributed by atoms with van der Waals surface area (Å²) in [5.74, 6) is -1.84. The number of benzene rings is 2. The van der Waals surface area contributed by atoms with Crippen molar-refractivity contribution in [1.82, 2.24) is 15.1 Å². The van der Waals surface area contributed by atoms with Gasteiger partial charge in [-0.15, -0.1) is 0 Å². The fraction of sp³-hybridized carbons (Fsp3) is 0.407. The Morgan fingerprint density at radius 2 is 1.78 bits per heavy atom. The molecule has 3 N–H and O–H groups in total. The van der Waals surface area contributed by atoms with Crippen LogP contribution >= 0.6 is 0 Å². The number of amides is 3. The van der Waals surface area contributed by atoms with Gasteiger partial charge in [-0.3, -0.25) is 24.6 Å². The minimum atomic E-state index is -1.12. The molecule has 37 heavy (non-hydrogen) atoms. The molecule has 3 amide bonds. The number of ether oxygens (including phenoxy) is 1.